The highest BCUT2D eigenvalue weighted by Crippen LogP contribution is 2.34. The number of aromatic amines is 1. The van der Waals surface area contributed by atoms with E-state index in [0.29, 0.717) is 10.7 Å². The second kappa shape index (κ2) is 6.72. The average Bonchev–Trinajstić information content (AvgIpc) is 3.00. The number of hydrogen-bond donors (Lipinski definition) is 2. The standard InChI is InChI=1S/C18H17ClN2O4/c1-10-2-7-13(16(22)20-10)17(23)21-8-14(15(9-21)18(24)25)11-3-5-12(19)6-4-11/h2-7,14-15H,8-9H2,1H3,(H,20,22)(H,24,25)/t14-,15+/m0/s1. The molecule has 2 heterocycles. The van der Waals surface area contributed by atoms with Gasteiger partial charge < -0.3 is 15.0 Å². The lowest BCUT2D eigenvalue weighted by molar-refractivity contribution is -0.141. The molecule has 2 aromatic rings. The van der Waals surface area contributed by atoms with Crippen LogP contribution in [0.4, 0.5) is 0 Å². The summed E-state index contributed by atoms with van der Waals surface area (Å²) in [4.78, 5) is 40.3. The number of amides is 1. The summed E-state index contributed by atoms with van der Waals surface area (Å²) < 4.78 is 0. The predicted octanol–water partition coefficient (Wildman–Crippen LogP) is 2.28. The summed E-state index contributed by atoms with van der Waals surface area (Å²) in [6.45, 7) is 2.03. The first-order valence-corrected chi connectivity index (χ1v) is 8.22. The highest BCUT2D eigenvalue weighted by atomic mass is 35.5. The highest BCUT2D eigenvalue weighted by molar-refractivity contribution is 6.30. The third-order valence-electron chi connectivity index (χ3n) is 4.51. The van der Waals surface area contributed by atoms with Crippen LogP contribution in [0.25, 0.3) is 0 Å². The van der Waals surface area contributed by atoms with Gasteiger partial charge in [-0.3, -0.25) is 14.4 Å². The van der Waals surface area contributed by atoms with Gasteiger partial charge in [0, 0.05) is 29.7 Å². The van der Waals surface area contributed by atoms with Crippen molar-refractivity contribution in [3.63, 3.8) is 0 Å². The van der Waals surface area contributed by atoms with E-state index in [1.807, 2.05) is 0 Å². The van der Waals surface area contributed by atoms with Gasteiger partial charge in [0.05, 0.1) is 5.92 Å². The molecule has 0 aliphatic carbocycles. The number of nitrogens with one attached hydrogen (secondary N) is 1. The fourth-order valence-corrected chi connectivity index (χ4v) is 3.30. The van der Waals surface area contributed by atoms with Crippen LogP contribution in [-0.4, -0.2) is 40.0 Å². The van der Waals surface area contributed by atoms with Crippen LogP contribution in [0.1, 0.15) is 27.5 Å². The Hall–Kier alpha value is -2.60. The van der Waals surface area contributed by atoms with Gasteiger partial charge >= 0.3 is 5.97 Å². The number of carbonyl (C=O) groups is 2. The van der Waals surface area contributed by atoms with Crippen LogP contribution in [-0.2, 0) is 4.79 Å². The van der Waals surface area contributed by atoms with Crippen LogP contribution in [0.5, 0.6) is 0 Å². The maximum absolute atomic E-state index is 12.7. The summed E-state index contributed by atoms with van der Waals surface area (Å²) in [7, 11) is 0. The quantitative estimate of drug-likeness (QED) is 0.878. The number of carboxylic acids is 1. The molecule has 1 aliphatic rings. The SMILES string of the molecule is Cc1ccc(C(=O)N2C[C@@H](C(=O)O)[C@H](c3ccc(Cl)cc3)C2)c(=O)[nH]1. The van der Waals surface area contributed by atoms with Gasteiger partial charge in [-0.25, -0.2) is 0 Å². The molecule has 25 heavy (non-hydrogen) atoms. The number of aliphatic carboxylic acids is 1. The maximum Gasteiger partial charge on any atom is 0.308 e. The Balaban J connectivity index is 1.89. The van der Waals surface area contributed by atoms with Gasteiger partial charge in [-0.1, -0.05) is 23.7 Å². The molecule has 130 valence electrons. The third kappa shape index (κ3) is 3.44. The molecule has 0 bridgehead atoms. The fourth-order valence-electron chi connectivity index (χ4n) is 3.18. The molecule has 0 radical (unpaired) electrons. The Kier molecular flexibility index (Phi) is 4.63. The molecule has 0 unspecified atom stereocenters. The zero-order chi connectivity index (χ0) is 18.1. The van der Waals surface area contributed by atoms with E-state index in [1.54, 1.807) is 37.3 Å². The largest absolute Gasteiger partial charge is 0.481 e. The van der Waals surface area contributed by atoms with Gasteiger partial charge in [0.2, 0.25) is 0 Å². The molecule has 3 rings (SSSR count). The van der Waals surface area contributed by atoms with Gasteiger partial charge in [-0.15, -0.1) is 0 Å². The Labute approximate surface area is 149 Å². The second-order valence-electron chi connectivity index (χ2n) is 6.20. The molecule has 1 aromatic carbocycles. The number of likely N-dealkylation sites (tertiary alicyclic amines) is 1. The van der Waals surface area contributed by atoms with Crippen molar-refractivity contribution in [2.24, 2.45) is 5.92 Å². The molecule has 1 fully saturated rings. The molecular formula is C18H17ClN2O4. The van der Waals surface area contributed by atoms with Crippen molar-refractivity contribution in [3.8, 4) is 0 Å². The molecule has 1 aliphatic heterocycles. The van der Waals surface area contributed by atoms with Crippen LogP contribution in [0.3, 0.4) is 0 Å². The smallest absolute Gasteiger partial charge is 0.308 e. The number of aromatic nitrogens is 1. The molecule has 6 nitrogen and oxygen atoms in total. The van der Waals surface area contributed by atoms with Gasteiger partial charge in [0.15, 0.2) is 0 Å². The molecule has 7 heteroatoms. The molecule has 1 amide bonds. The number of carboxylic acid groups (broad SMARTS) is 1. The van der Waals surface area contributed by atoms with Gasteiger partial charge in [0.25, 0.3) is 11.5 Å². The summed E-state index contributed by atoms with van der Waals surface area (Å²) in [6, 6.07) is 10.1. The summed E-state index contributed by atoms with van der Waals surface area (Å²) >= 11 is 5.89. The van der Waals surface area contributed by atoms with Crippen molar-refractivity contribution < 1.29 is 14.7 Å². The topological polar surface area (TPSA) is 90.5 Å². The first kappa shape index (κ1) is 17.2. The molecule has 1 saturated heterocycles. The summed E-state index contributed by atoms with van der Waals surface area (Å²) in [5, 5.41) is 10.1. The highest BCUT2D eigenvalue weighted by Gasteiger charge is 2.41. The van der Waals surface area contributed by atoms with Crippen LogP contribution < -0.4 is 5.56 Å². The zero-order valence-electron chi connectivity index (χ0n) is 13.5. The average molecular weight is 361 g/mol. The molecule has 2 N–H and O–H groups in total. The fraction of sp³-hybridized carbons (Fsp3) is 0.278. The molecule has 2 atom stereocenters. The van der Waals surface area contributed by atoms with Crippen molar-refractivity contribution in [3.05, 3.63) is 68.6 Å². The van der Waals surface area contributed by atoms with E-state index in [-0.39, 0.29) is 24.6 Å². The lowest BCUT2D eigenvalue weighted by atomic mass is 9.89. The number of aryl methyl sites for hydroxylation is 1. The first-order chi connectivity index (χ1) is 11.9. The van der Waals surface area contributed by atoms with Crippen LogP contribution in [0, 0.1) is 12.8 Å². The lowest BCUT2D eigenvalue weighted by Crippen LogP contribution is -2.34. The van der Waals surface area contributed by atoms with Crippen molar-refractivity contribution in [1.82, 2.24) is 9.88 Å². The summed E-state index contributed by atoms with van der Waals surface area (Å²) in [6.07, 6.45) is 0. The van der Waals surface area contributed by atoms with Crippen molar-refractivity contribution in [2.45, 2.75) is 12.8 Å². The third-order valence-corrected chi connectivity index (χ3v) is 4.76. The summed E-state index contributed by atoms with van der Waals surface area (Å²) in [5.41, 5.74) is 1.02. The Bertz CT molecular complexity index is 875. The molecular weight excluding hydrogens is 344 g/mol. The van der Waals surface area contributed by atoms with E-state index >= 15 is 0 Å². The van der Waals surface area contributed by atoms with Crippen molar-refractivity contribution >= 4 is 23.5 Å². The number of pyridine rings is 1. The monoisotopic (exact) mass is 360 g/mol. The van der Waals surface area contributed by atoms with E-state index < -0.39 is 23.4 Å². The van der Waals surface area contributed by atoms with Crippen molar-refractivity contribution in [2.75, 3.05) is 13.1 Å². The Morgan fingerprint density at radius 1 is 1.16 bits per heavy atom. The van der Waals surface area contributed by atoms with Crippen LogP contribution in [0.15, 0.2) is 41.2 Å². The lowest BCUT2D eigenvalue weighted by Gasteiger charge is -2.16. The Morgan fingerprint density at radius 3 is 2.44 bits per heavy atom. The minimum Gasteiger partial charge on any atom is -0.481 e. The normalized spacial score (nSPS) is 19.8. The maximum atomic E-state index is 12.7. The molecule has 1 aromatic heterocycles. The van der Waals surface area contributed by atoms with Gasteiger partial charge in [0.1, 0.15) is 5.56 Å². The zero-order valence-corrected chi connectivity index (χ0v) is 14.3. The number of H-pyrrole nitrogens is 1. The number of halogens is 1. The van der Waals surface area contributed by atoms with E-state index in [1.165, 1.54) is 11.0 Å². The number of benzene rings is 1. The van der Waals surface area contributed by atoms with E-state index in [2.05, 4.69) is 4.98 Å². The van der Waals surface area contributed by atoms with Crippen LogP contribution in [0.2, 0.25) is 5.02 Å². The number of carbonyl (C=O) groups excluding carboxylic acids is 1. The van der Waals surface area contributed by atoms with Crippen LogP contribution >= 0.6 is 11.6 Å². The summed E-state index contributed by atoms with van der Waals surface area (Å²) in [5.74, 6) is -2.49. The van der Waals surface area contributed by atoms with Gasteiger partial charge in [-0.05, 0) is 36.8 Å². The number of hydrogen-bond acceptors (Lipinski definition) is 3. The van der Waals surface area contributed by atoms with E-state index in [0.717, 1.165) is 5.56 Å². The number of nitrogens with zero attached hydrogens (tertiary/aromatic N) is 1. The first-order valence-electron chi connectivity index (χ1n) is 7.84. The second-order valence-corrected chi connectivity index (χ2v) is 6.63. The molecule has 0 saturated carbocycles. The predicted molar refractivity (Wildman–Crippen MR) is 93.0 cm³/mol. The van der Waals surface area contributed by atoms with E-state index in [4.69, 9.17) is 11.6 Å². The minimum atomic E-state index is -0.965. The van der Waals surface area contributed by atoms with E-state index in [9.17, 15) is 19.5 Å². The number of rotatable bonds is 3. The van der Waals surface area contributed by atoms with Crippen molar-refractivity contribution in [1.29, 1.82) is 0 Å². The molecule has 0 spiro atoms. The Morgan fingerprint density at radius 2 is 1.84 bits per heavy atom. The minimum absolute atomic E-state index is 0.0199. The van der Waals surface area contributed by atoms with Gasteiger partial charge in [-0.2, -0.15) is 0 Å².